The monoisotopic (exact) mass is 483 g/mol. The Labute approximate surface area is 198 Å². The summed E-state index contributed by atoms with van der Waals surface area (Å²) in [4.78, 5) is 17.0. The van der Waals surface area contributed by atoms with Gasteiger partial charge in [-0.25, -0.2) is 0 Å². The number of carbonyl (C=O) groups excluding carboxylic acids is 1. The Balaban J connectivity index is 1.41. The van der Waals surface area contributed by atoms with Gasteiger partial charge in [0.15, 0.2) is 5.82 Å². The molecule has 0 saturated heterocycles. The molecule has 5 nitrogen and oxygen atoms in total. The lowest BCUT2D eigenvalue weighted by atomic mass is 10.1. The van der Waals surface area contributed by atoms with E-state index in [9.17, 15) is 18.0 Å². The maximum absolute atomic E-state index is 12.9. The number of carbonyl (C=O) groups is 1. The second-order valence-electron chi connectivity index (χ2n) is 7.60. The molecule has 0 atom stereocenters. The number of halogens is 3. The van der Waals surface area contributed by atoms with Crippen molar-refractivity contribution < 1.29 is 22.7 Å². The fourth-order valence-electron chi connectivity index (χ4n) is 3.22. The van der Waals surface area contributed by atoms with Gasteiger partial charge in [-0.1, -0.05) is 48.5 Å². The van der Waals surface area contributed by atoms with Gasteiger partial charge in [-0.3, -0.25) is 4.79 Å². The fraction of sp³-hybridized carbons (Fsp3) is 0.160. The van der Waals surface area contributed by atoms with Crippen molar-refractivity contribution in [2.24, 2.45) is 0 Å². The van der Waals surface area contributed by atoms with E-state index in [2.05, 4.69) is 14.7 Å². The van der Waals surface area contributed by atoms with Crippen molar-refractivity contribution in [3.63, 3.8) is 0 Å². The smallest absolute Gasteiger partial charge is 0.416 e. The summed E-state index contributed by atoms with van der Waals surface area (Å²) in [6.45, 7) is 1.80. The number of nitrogens with one attached hydrogen (secondary N) is 1. The summed E-state index contributed by atoms with van der Waals surface area (Å²) in [6.07, 6.45) is -3.85. The Morgan fingerprint density at radius 2 is 1.76 bits per heavy atom. The highest BCUT2D eigenvalue weighted by Crippen LogP contribution is 2.30. The normalized spacial score (nSPS) is 11.3. The standard InChI is InChI=1S/C25H20F3N3O2S/c1-16-10-11-19(23(32)29-15-18-8-5-9-20(12-18)25(26,27)28)14-21(16)33-24-30-22(31-34-24)13-17-6-3-2-4-7-17/h2-12,14H,13,15H2,1H3,(H,29,32). The molecule has 9 heteroatoms. The summed E-state index contributed by atoms with van der Waals surface area (Å²) >= 11 is 1.12. The van der Waals surface area contributed by atoms with E-state index >= 15 is 0 Å². The van der Waals surface area contributed by atoms with Gasteiger partial charge < -0.3 is 10.1 Å². The highest BCUT2D eigenvalue weighted by atomic mass is 32.1. The predicted molar refractivity (Wildman–Crippen MR) is 123 cm³/mol. The van der Waals surface area contributed by atoms with Gasteiger partial charge in [-0.2, -0.15) is 22.5 Å². The minimum atomic E-state index is -4.44. The number of alkyl halides is 3. The Bertz CT molecular complexity index is 1290. The average molecular weight is 484 g/mol. The molecule has 0 bridgehead atoms. The van der Waals surface area contributed by atoms with Crippen LogP contribution in [0.25, 0.3) is 0 Å². The summed E-state index contributed by atoms with van der Waals surface area (Å²) in [6, 6.07) is 19.6. The Hall–Kier alpha value is -3.72. The second kappa shape index (κ2) is 10.0. The van der Waals surface area contributed by atoms with Crippen LogP contribution in [-0.4, -0.2) is 15.3 Å². The summed E-state index contributed by atoms with van der Waals surface area (Å²) in [5.74, 6) is 0.664. The second-order valence-corrected chi connectivity index (χ2v) is 8.32. The van der Waals surface area contributed by atoms with Crippen LogP contribution in [0, 0.1) is 6.92 Å². The fourth-order valence-corrected chi connectivity index (χ4v) is 3.78. The van der Waals surface area contributed by atoms with Crippen molar-refractivity contribution in [2.75, 3.05) is 0 Å². The summed E-state index contributed by atoms with van der Waals surface area (Å²) in [7, 11) is 0. The third-order valence-electron chi connectivity index (χ3n) is 5.01. The predicted octanol–water partition coefficient (Wildman–Crippen LogP) is 6.18. The molecule has 0 aliphatic heterocycles. The molecule has 4 aromatic rings. The van der Waals surface area contributed by atoms with Gasteiger partial charge in [0.25, 0.3) is 11.1 Å². The molecular formula is C25H20F3N3O2S. The molecule has 1 amide bonds. The van der Waals surface area contributed by atoms with Gasteiger partial charge in [0.1, 0.15) is 5.75 Å². The van der Waals surface area contributed by atoms with Crippen LogP contribution in [0.1, 0.15) is 38.4 Å². The van der Waals surface area contributed by atoms with Gasteiger partial charge in [-0.05, 0) is 47.9 Å². The Kier molecular flexibility index (Phi) is 6.93. The number of rotatable bonds is 7. The van der Waals surface area contributed by atoms with Crippen molar-refractivity contribution in [1.29, 1.82) is 0 Å². The zero-order valence-corrected chi connectivity index (χ0v) is 18.9. The Morgan fingerprint density at radius 3 is 2.53 bits per heavy atom. The van der Waals surface area contributed by atoms with Crippen LogP contribution >= 0.6 is 11.5 Å². The van der Waals surface area contributed by atoms with Crippen LogP contribution in [-0.2, 0) is 19.1 Å². The quantitative estimate of drug-likeness (QED) is 0.341. The van der Waals surface area contributed by atoms with Gasteiger partial charge in [0.2, 0.25) is 0 Å². The molecule has 0 spiro atoms. The molecule has 0 saturated carbocycles. The zero-order chi connectivity index (χ0) is 24.1. The molecule has 0 fully saturated rings. The number of aromatic nitrogens is 2. The van der Waals surface area contributed by atoms with Crippen molar-refractivity contribution in [3.05, 3.63) is 106 Å². The first-order valence-corrected chi connectivity index (χ1v) is 11.1. The zero-order valence-electron chi connectivity index (χ0n) is 18.1. The largest absolute Gasteiger partial charge is 0.430 e. The number of hydrogen-bond donors (Lipinski definition) is 1. The number of amides is 1. The highest BCUT2D eigenvalue weighted by molar-refractivity contribution is 7.07. The molecule has 174 valence electrons. The number of hydrogen-bond acceptors (Lipinski definition) is 5. The highest BCUT2D eigenvalue weighted by Gasteiger charge is 2.30. The SMILES string of the molecule is Cc1ccc(C(=O)NCc2cccc(C(F)(F)F)c2)cc1Oc1nc(Cc2ccccc2)ns1. The molecule has 1 N–H and O–H groups in total. The van der Waals surface area contributed by atoms with Gasteiger partial charge in [0.05, 0.1) is 5.56 Å². The van der Waals surface area contributed by atoms with Crippen molar-refractivity contribution in [1.82, 2.24) is 14.7 Å². The first-order chi connectivity index (χ1) is 16.3. The van der Waals surface area contributed by atoms with Gasteiger partial charge >= 0.3 is 6.18 Å². The third kappa shape index (κ3) is 5.99. The molecule has 4 rings (SSSR count). The van der Waals surface area contributed by atoms with Crippen molar-refractivity contribution >= 4 is 17.4 Å². The number of aryl methyl sites for hydroxylation is 1. The van der Waals surface area contributed by atoms with Gasteiger partial charge in [0, 0.05) is 30.1 Å². The maximum atomic E-state index is 12.9. The van der Waals surface area contributed by atoms with Crippen LogP contribution in [0.15, 0.2) is 72.8 Å². The Morgan fingerprint density at radius 1 is 1.00 bits per heavy atom. The molecule has 1 heterocycles. The molecule has 0 unspecified atom stereocenters. The minimum Gasteiger partial charge on any atom is -0.430 e. The van der Waals surface area contributed by atoms with Crippen LogP contribution in [0.2, 0.25) is 0 Å². The van der Waals surface area contributed by atoms with Crippen LogP contribution in [0.5, 0.6) is 10.9 Å². The van der Waals surface area contributed by atoms with Crippen LogP contribution in [0.3, 0.4) is 0 Å². The van der Waals surface area contributed by atoms with E-state index in [1.807, 2.05) is 37.3 Å². The summed E-state index contributed by atoms with van der Waals surface area (Å²) in [5.41, 5.74) is 1.80. The van der Waals surface area contributed by atoms with E-state index in [1.165, 1.54) is 12.1 Å². The molecule has 0 radical (unpaired) electrons. The summed E-state index contributed by atoms with van der Waals surface area (Å²) in [5, 5.41) is 3.01. The first kappa shape index (κ1) is 23.4. The molecule has 0 aliphatic rings. The van der Waals surface area contributed by atoms with Crippen LogP contribution < -0.4 is 10.1 Å². The van der Waals surface area contributed by atoms with E-state index in [0.717, 1.165) is 34.8 Å². The van der Waals surface area contributed by atoms with E-state index in [4.69, 9.17) is 4.74 Å². The summed E-state index contributed by atoms with van der Waals surface area (Å²) < 4.78 is 48.9. The van der Waals surface area contributed by atoms with Gasteiger partial charge in [-0.15, -0.1) is 0 Å². The lowest BCUT2D eigenvalue weighted by Crippen LogP contribution is -2.23. The number of benzene rings is 3. The lowest BCUT2D eigenvalue weighted by Gasteiger charge is -2.11. The third-order valence-corrected chi connectivity index (χ3v) is 5.64. The van der Waals surface area contributed by atoms with E-state index in [-0.39, 0.29) is 6.54 Å². The van der Waals surface area contributed by atoms with E-state index in [1.54, 1.807) is 18.2 Å². The molecule has 34 heavy (non-hydrogen) atoms. The molecular weight excluding hydrogens is 463 g/mol. The van der Waals surface area contributed by atoms with E-state index in [0.29, 0.717) is 34.3 Å². The maximum Gasteiger partial charge on any atom is 0.416 e. The molecule has 0 aliphatic carbocycles. The molecule has 3 aromatic carbocycles. The molecule has 1 aromatic heterocycles. The number of nitrogens with zero attached hydrogens (tertiary/aromatic N) is 2. The average Bonchev–Trinajstić information content (AvgIpc) is 3.26. The van der Waals surface area contributed by atoms with Crippen molar-refractivity contribution in [3.8, 4) is 10.9 Å². The first-order valence-electron chi connectivity index (χ1n) is 10.4. The lowest BCUT2D eigenvalue weighted by molar-refractivity contribution is -0.137. The topological polar surface area (TPSA) is 64.1 Å². The number of ether oxygens (including phenoxy) is 1. The van der Waals surface area contributed by atoms with Crippen molar-refractivity contribution in [2.45, 2.75) is 26.1 Å². The minimum absolute atomic E-state index is 0.0356. The van der Waals surface area contributed by atoms with Crippen LogP contribution in [0.4, 0.5) is 13.2 Å². The van der Waals surface area contributed by atoms with E-state index < -0.39 is 17.6 Å².